The summed E-state index contributed by atoms with van der Waals surface area (Å²) in [6.07, 6.45) is 0. The number of thiocarbonyl (C=S) groups is 1. The zero-order chi connectivity index (χ0) is 11.3. The van der Waals surface area contributed by atoms with E-state index in [-0.39, 0.29) is 68.9 Å². The van der Waals surface area contributed by atoms with Gasteiger partial charge in [-0.05, 0) is 12.1 Å². The molecule has 7 heteroatoms. The van der Waals surface area contributed by atoms with Crippen LogP contribution in [0.15, 0.2) is 35.9 Å². The van der Waals surface area contributed by atoms with Crippen molar-refractivity contribution in [3.8, 4) is 0 Å². The molecule has 0 radical (unpaired) electrons. The predicted octanol–water partition coefficient (Wildman–Crippen LogP) is -4.33. The second-order valence-electron chi connectivity index (χ2n) is 2.59. The summed E-state index contributed by atoms with van der Waals surface area (Å²) in [5.74, 6) is 1.11. The number of carbonyl (C=O) groups is 1. The number of nitrogens with one attached hydrogen (secondary N) is 1. The number of hydrogen-bond acceptors (Lipinski definition) is 3. The van der Waals surface area contributed by atoms with Gasteiger partial charge in [0.15, 0.2) is 0 Å². The summed E-state index contributed by atoms with van der Waals surface area (Å²) >= 11 is 9.21. The summed E-state index contributed by atoms with van der Waals surface area (Å²) in [7, 11) is 0. The van der Waals surface area contributed by atoms with Gasteiger partial charge in [-0.3, -0.25) is 10.7 Å². The van der Waals surface area contributed by atoms with Crippen molar-refractivity contribution in [3.63, 3.8) is 0 Å². The molecule has 0 fully saturated rings. The van der Waals surface area contributed by atoms with Crippen molar-refractivity contribution in [2.75, 3.05) is 5.32 Å². The van der Waals surface area contributed by atoms with E-state index in [1.54, 1.807) is 30.1 Å². The van der Waals surface area contributed by atoms with Gasteiger partial charge in [0.2, 0.25) is 0 Å². The average molecular weight is 280 g/mol. The minimum Gasteiger partial charge on any atom is -0.763 e. The summed E-state index contributed by atoms with van der Waals surface area (Å²) in [6, 6.07) is 8.78. The van der Waals surface area contributed by atoms with Crippen LogP contribution in [-0.4, -0.2) is 16.0 Å². The maximum Gasteiger partial charge on any atom is 1.00 e. The number of benzene rings is 1. The van der Waals surface area contributed by atoms with Crippen LogP contribution in [0.25, 0.3) is 5.41 Å². The van der Waals surface area contributed by atoms with E-state index in [0.29, 0.717) is 5.69 Å². The first-order valence-electron chi connectivity index (χ1n) is 4.00. The minimum atomic E-state index is -0.566. The quantitative estimate of drug-likeness (QED) is 0.200. The number of amides is 1. The van der Waals surface area contributed by atoms with Gasteiger partial charge in [-0.25, -0.2) is 0 Å². The Labute approximate surface area is 155 Å². The first-order chi connectivity index (χ1) is 7.15. The number of hydrogen-bond donors (Lipinski definition) is 1. The van der Waals surface area contributed by atoms with E-state index in [1.807, 2.05) is 6.07 Å². The summed E-state index contributed by atoms with van der Waals surface area (Å²) in [6.45, 7) is 0. The fraction of sp³-hybridized carbons (Fsp3) is 0. The normalized spacial score (nSPS) is 7.76. The Balaban J connectivity index is 0. The second kappa shape index (κ2) is 10.4. The van der Waals surface area contributed by atoms with Crippen molar-refractivity contribution >= 4 is 46.5 Å². The van der Waals surface area contributed by atoms with Gasteiger partial charge in [0.05, 0.1) is 0 Å². The molecule has 1 aromatic carbocycles. The van der Waals surface area contributed by atoms with Crippen molar-refractivity contribution in [1.82, 2.24) is 0 Å². The van der Waals surface area contributed by atoms with E-state index in [0.717, 1.165) is 0 Å². The van der Waals surface area contributed by atoms with Gasteiger partial charge >= 0.3 is 59.1 Å². The standard InChI is InChI=1S/C10H7N2OS2.2Na/c11-6-8(10(14)15)9(13)12-7-4-2-1-3-5-7;;/h1-5H,(H,12,13)(H,14,15);;/q-1;2*+1/p-1. The van der Waals surface area contributed by atoms with E-state index in [9.17, 15) is 4.79 Å². The Bertz CT molecular complexity index is 445. The zero-order valence-electron chi connectivity index (χ0n) is 9.56. The predicted molar refractivity (Wildman–Crippen MR) is 66.9 cm³/mol. The average Bonchev–Trinajstić information content (AvgIpc) is 2.19. The second-order valence-corrected chi connectivity index (χ2v) is 3.67. The molecule has 0 saturated carbocycles. The van der Waals surface area contributed by atoms with E-state index < -0.39 is 5.91 Å². The molecule has 0 aliphatic heterocycles. The maximum atomic E-state index is 11.5. The Morgan fingerprint density at radius 2 is 1.82 bits per heavy atom. The Hall–Kier alpha value is 0.450. The fourth-order valence-corrected chi connectivity index (χ4v) is 1.18. The molecule has 0 heterocycles. The van der Waals surface area contributed by atoms with Gasteiger partial charge in [-0.2, -0.15) is 0 Å². The molecular formula is C10H6N2Na2OS2. The summed E-state index contributed by atoms with van der Waals surface area (Å²) in [5.41, 5.74) is 0.394. The Morgan fingerprint density at radius 3 is 2.24 bits per heavy atom. The van der Waals surface area contributed by atoms with E-state index in [2.05, 4.69) is 30.2 Å². The van der Waals surface area contributed by atoms with Gasteiger partial charge < -0.3 is 35.6 Å². The zero-order valence-corrected chi connectivity index (χ0v) is 15.2. The minimum absolute atomic E-state index is 0. The van der Waals surface area contributed by atoms with Crippen LogP contribution < -0.4 is 64.4 Å². The molecular weight excluding hydrogens is 274 g/mol. The van der Waals surface area contributed by atoms with Crippen LogP contribution in [0.2, 0.25) is 0 Å². The number of nitrogens with zero attached hydrogens (tertiary/aromatic N) is 1. The molecule has 0 spiro atoms. The molecule has 0 aliphatic rings. The summed E-state index contributed by atoms with van der Waals surface area (Å²) in [5, 5.41) is 11.2. The van der Waals surface area contributed by atoms with Crippen molar-refractivity contribution < 1.29 is 63.9 Å². The number of rotatable bonds is 3. The molecule has 0 atom stereocenters. The van der Waals surface area contributed by atoms with Gasteiger partial charge in [-0.15, -0.1) is 4.20 Å². The number of carbonyl (C=O) groups excluding carboxylic acids is 1. The van der Waals surface area contributed by atoms with Gasteiger partial charge in [-0.1, -0.05) is 18.2 Å². The first-order valence-corrected chi connectivity index (χ1v) is 4.81. The molecule has 17 heavy (non-hydrogen) atoms. The van der Waals surface area contributed by atoms with Gasteiger partial charge in [0, 0.05) is 11.3 Å². The van der Waals surface area contributed by atoms with Crippen LogP contribution >= 0.6 is 12.2 Å². The van der Waals surface area contributed by atoms with Crippen LogP contribution in [0.3, 0.4) is 0 Å². The Morgan fingerprint density at radius 1 is 1.29 bits per heavy atom. The number of para-hydroxylation sites is 1. The molecule has 0 aromatic heterocycles. The van der Waals surface area contributed by atoms with E-state index in [4.69, 9.17) is 5.41 Å². The molecule has 1 rings (SSSR count). The monoisotopic (exact) mass is 280 g/mol. The molecule has 1 aromatic rings. The SMILES string of the molecule is [N-]=C=C(C(=O)Nc1ccccc1)C(=S)[S-].[Na+].[Na+]. The van der Waals surface area contributed by atoms with Crippen molar-refractivity contribution in [1.29, 1.82) is 0 Å². The fourth-order valence-electron chi connectivity index (χ4n) is 0.904. The maximum absolute atomic E-state index is 11.5. The summed E-state index contributed by atoms with van der Waals surface area (Å²) in [4.78, 5) is 11.5. The number of anilines is 1. The summed E-state index contributed by atoms with van der Waals surface area (Å²) < 4.78 is -0.120. The third kappa shape index (κ3) is 6.82. The molecule has 3 nitrogen and oxygen atoms in total. The third-order valence-corrected chi connectivity index (χ3v) is 1.98. The van der Waals surface area contributed by atoms with Gasteiger partial charge in [0.25, 0.3) is 5.91 Å². The first kappa shape index (κ1) is 19.8. The largest absolute Gasteiger partial charge is 1.00 e. The van der Waals surface area contributed by atoms with Crippen molar-refractivity contribution in [3.05, 3.63) is 41.3 Å². The van der Waals surface area contributed by atoms with Crippen molar-refractivity contribution in [2.45, 2.75) is 0 Å². The third-order valence-electron chi connectivity index (χ3n) is 1.57. The molecule has 1 amide bonds. The van der Waals surface area contributed by atoms with E-state index in [1.165, 1.54) is 0 Å². The smallest absolute Gasteiger partial charge is 0.763 e. The molecule has 0 bridgehead atoms. The molecule has 0 aliphatic carbocycles. The van der Waals surface area contributed by atoms with Crippen LogP contribution in [-0.2, 0) is 17.4 Å². The van der Waals surface area contributed by atoms with Crippen molar-refractivity contribution in [2.24, 2.45) is 0 Å². The van der Waals surface area contributed by atoms with E-state index >= 15 is 0 Å². The van der Waals surface area contributed by atoms with Gasteiger partial charge in [0.1, 0.15) is 0 Å². The molecule has 0 saturated heterocycles. The molecule has 1 N–H and O–H groups in total. The molecule has 76 valence electrons. The Kier molecular flexibility index (Phi) is 12.1. The van der Waals surface area contributed by atoms with Crippen LogP contribution in [0, 0.1) is 0 Å². The van der Waals surface area contributed by atoms with Crippen LogP contribution in [0.4, 0.5) is 5.69 Å². The van der Waals surface area contributed by atoms with Crippen LogP contribution in [0.1, 0.15) is 0 Å². The molecule has 0 unspecified atom stereocenters. The van der Waals surface area contributed by atoms with Crippen LogP contribution in [0.5, 0.6) is 0 Å². The topological polar surface area (TPSA) is 51.4 Å².